The van der Waals surface area contributed by atoms with Crippen molar-refractivity contribution in [1.82, 2.24) is 14.9 Å². The molecule has 4 nitrogen and oxygen atoms in total. The van der Waals surface area contributed by atoms with Crippen LogP contribution in [0, 0.1) is 5.82 Å². The van der Waals surface area contributed by atoms with Gasteiger partial charge in [0.05, 0.1) is 11.7 Å². The van der Waals surface area contributed by atoms with Crippen molar-refractivity contribution in [2.75, 3.05) is 6.54 Å². The predicted molar refractivity (Wildman–Crippen MR) is 72.5 cm³/mol. The number of nitrogens with one attached hydrogen (secondary N) is 1. The lowest BCUT2D eigenvalue weighted by Gasteiger charge is -2.16. The van der Waals surface area contributed by atoms with E-state index in [1.54, 1.807) is 24.7 Å². The molecule has 1 N–H and O–H groups in total. The van der Waals surface area contributed by atoms with Crippen molar-refractivity contribution in [3.63, 3.8) is 0 Å². The number of halogens is 1. The Bertz CT molecular complexity index is 588. The van der Waals surface area contributed by atoms with Crippen LogP contribution >= 0.6 is 0 Å². The molecule has 0 spiro atoms. The second kappa shape index (κ2) is 5.07. The number of rotatable bonds is 5. The number of hydrogen-bond acceptors (Lipinski definition) is 2. The number of hydrogen-bond donors (Lipinski definition) is 1. The molecule has 1 heterocycles. The van der Waals surface area contributed by atoms with Gasteiger partial charge in [-0.1, -0.05) is 12.1 Å². The van der Waals surface area contributed by atoms with Gasteiger partial charge in [0.2, 0.25) is 5.91 Å². The van der Waals surface area contributed by atoms with Gasteiger partial charge in [-0.3, -0.25) is 4.79 Å². The minimum atomic E-state index is -0.442. The normalized spacial score (nSPS) is 15.8. The number of aromatic nitrogens is 2. The van der Waals surface area contributed by atoms with E-state index in [0.717, 1.165) is 18.4 Å². The molecule has 1 aromatic heterocycles. The fourth-order valence-corrected chi connectivity index (χ4v) is 2.43. The van der Waals surface area contributed by atoms with Crippen LogP contribution in [-0.2, 0) is 16.8 Å². The fraction of sp³-hybridized carbons (Fsp3) is 0.333. The first-order valence-electron chi connectivity index (χ1n) is 6.71. The molecule has 1 saturated carbocycles. The van der Waals surface area contributed by atoms with E-state index in [1.165, 1.54) is 12.1 Å². The number of amides is 1. The van der Waals surface area contributed by atoms with Gasteiger partial charge in [0.15, 0.2) is 0 Å². The van der Waals surface area contributed by atoms with Gasteiger partial charge in [-0.15, -0.1) is 0 Å². The number of carbonyl (C=O) groups is 1. The van der Waals surface area contributed by atoms with Crippen LogP contribution in [0.25, 0.3) is 0 Å². The third kappa shape index (κ3) is 2.43. The molecule has 1 aromatic carbocycles. The summed E-state index contributed by atoms with van der Waals surface area (Å²) >= 11 is 0. The molecule has 5 heteroatoms. The summed E-state index contributed by atoms with van der Waals surface area (Å²) in [5.74, 6) is -0.241. The van der Waals surface area contributed by atoms with Crippen molar-refractivity contribution in [3.05, 3.63) is 54.4 Å². The highest BCUT2D eigenvalue weighted by molar-refractivity contribution is 5.91. The van der Waals surface area contributed by atoms with E-state index in [1.807, 2.05) is 10.8 Å². The molecule has 0 saturated heterocycles. The summed E-state index contributed by atoms with van der Waals surface area (Å²) < 4.78 is 14.9. The first-order chi connectivity index (χ1) is 9.71. The SMILES string of the molecule is O=C(NCCn1ccnc1)C1(c2ccc(F)cc2)CC1. The standard InChI is InChI=1S/C15H16FN3O/c16-13-3-1-12(2-4-13)15(5-6-15)14(20)18-8-10-19-9-7-17-11-19/h1-4,7,9,11H,5-6,8,10H2,(H,18,20). The summed E-state index contributed by atoms with van der Waals surface area (Å²) in [5.41, 5.74) is 0.460. The molecule has 1 fully saturated rings. The maximum absolute atomic E-state index is 12.9. The van der Waals surface area contributed by atoms with E-state index in [2.05, 4.69) is 10.3 Å². The van der Waals surface area contributed by atoms with E-state index in [-0.39, 0.29) is 11.7 Å². The summed E-state index contributed by atoms with van der Waals surface area (Å²) in [6.07, 6.45) is 6.95. The summed E-state index contributed by atoms with van der Waals surface area (Å²) in [4.78, 5) is 16.3. The van der Waals surface area contributed by atoms with Gasteiger partial charge in [0.25, 0.3) is 0 Å². The second-order valence-electron chi connectivity index (χ2n) is 5.15. The monoisotopic (exact) mass is 273 g/mol. The minimum Gasteiger partial charge on any atom is -0.354 e. The van der Waals surface area contributed by atoms with Crippen LogP contribution in [0.5, 0.6) is 0 Å². The van der Waals surface area contributed by atoms with Crippen LogP contribution in [-0.4, -0.2) is 22.0 Å². The smallest absolute Gasteiger partial charge is 0.230 e. The topological polar surface area (TPSA) is 46.9 Å². The zero-order chi connectivity index (χ0) is 14.0. The number of benzene rings is 1. The largest absolute Gasteiger partial charge is 0.354 e. The fourth-order valence-electron chi connectivity index (χ4n) is 2.43. The summed E-state index contributed by atoms with van der Waals surface area (Å²) in [6.45, 7) is 1.27. The maximum atomic E-state index is 12.9. The molecule has 0 aliphatic heterocycles. The molecule has 0 atom stereocenters. The third-order valence-electron chi connectivity index (χ3n) is 3.80. The highest BCUT2D eigenvalue weighted by atomic mass is 19.1. The van der Waals surface area contributed by atoms with Crippen LogP contribution in [0.1, 0.15) is 18.4 Å². The molecule has 0 bridgehead atoms. The summed E-state index contributed by atoms with van der Waals surface area (Å²) in [6, 6.07) is 6.23. The third-order valence-corrected chi connectivity index (χ3v) is 3.80. The highest BCUT2D eigenvalue weighted by Gasteiger charge is 2.50. The molecule has 0 unspecified atom stereocenters. The Morgan fingerprint density at radius 3 is 2.70 bits per heavy atom. The molecular weight excluding hydrogens is 257 g/mol. The zero-order valence-electron chi connectivity index (χ0n) is 11.1. The van der Waals surface area contributed by atoms with Crippen molar-refractivity contribution in [2.45, 2.75) is 24.8 Å². The Kier molecular flexibility index (Phi) is 3.26. The van der Waals surface area contributed by atoms with Crippen molar-refractivity contribution in [1.29, 1.82) is 0 Å². The first kappa shape index (κ1) is 12.8. The highest BCUT2D eigenvalue weighted by Crippen LogP contribution is 2.48. The molecule has 1 aliphatic carbocycles. The van der Waals surface area contributed by atoms with E-state index >= 15 is 0 Å². The maximum Gasteiger partial charge on any atom is 0.230 e. The van der Waals surface area contributed by atoms with E-state index < -0.39 is 5.41 Å². The van der Waals surface area contributed by atoms with Crippen LogP contribution in [0.3, 0.4) is 0 Å². The molecule has 104 valence electrons. The lowest BCUT2D eigenvalue weighted by atomic mass is 9.95. The molecule has 1 aliphatic rings. The van der Waals surface area contributed by atoms with Crippen LogP contribution in [0.2, 0.25) is 0 Å². The van der Waals surface area contributed by atoms with Crippen molar-refractivity contribution in [3.8, 4) is 0 Å². The van der Waals surface area contributed by atoms with E-state index in [4.69, 9.17) is 0 Å². The van der Waals surface area contributed by atoms with Crippen molar-refractivity contribution < 1.29 is 9.18 Å². The molecular formula is C15H16FN3O. The predicted octanol–water partition coefficient (Wildman–Crippen LogP) is 1.87. The first-order valence-corrected chi connectivity index (χ1v) is 6.71. The number of carbonyl (C=O) groups excluding carboxylic acids is 1. The molecule has 1 amide bonds. The van der Waals surface area contributed by atoms with Gasteiger partial charge >= 0.3 is 0 Å². The van der Waals surface area contributed by atoms with Crippen LogP contribution in [0.15, 0.2) is 43.0 Å². The van der Waals surface area contributed by atoms with Gasteiger partial charge in [-0.05, 0) is 30.5 Å². The molecule has 2 aromatic rings. The Labute approximate surface area is 116 Å². The van der Waals surface area contributed by atoms with Crippen molar-refractivity contribution in [2.24, 2.45) is 0 Å². The lowest BCUT2D eigenvalue weighted by molar-refractivity contribution is -0.123. The Morgan fingerprint density at radius 2 is 2.10 bits per heavy atom. The summed E-state index contributed by atoms with van der Waals surface area (Å²) in [5, 5.41) is 2.96. The average Bonchev–Trinajstić information content (AvgIpc) is 3.10. The van der Waals surface area contributed by atoms with Gasteiger partial charge in [0, 0.05) is 25.5 Å². The van der Waals surface area contributed by atoms with Gasteiger partial charge in [-0.2, -0.15) is 0 Å². The minimum absolute atomic E-state index is 0.0317. The summed E-state index contributed by atoms with van der Waals surface area (Å²) in [7, 11) is 0. The quantitative estimate of drug-likeness (QED) is 0.904. The Hall–Kier alpha value is -2.17. The Balaban J connectivity index is 1.60. The molecule has 3 rings (SSSR count). The number of imidazole rings is 1. The molecule has 0 radical (unpaired) electrons. The Morgan fingerprint density at radius 1 is 1.35 bits per heavy atom. The van der Waals surface area contributed by atoms with Crippen molar-refractivity contribution >= 4 is 5.91 Å². The lowest BCUT2D eigenvalue weighted by Crippen LogP contribution is -2.36. The van der Waals surface area contributed by atoms with Gasteiger partial charge in [-0.25, -0.2) is 9.37 Å². The zero-order valence-corrected chi connectivity index (χ0v) is 11.1. The second-order valence-corrected chi connectivity index (χ2v) is 5.15. The number of nitrogens with zero attached hydrogens (tertiary/aromatic N) is 2. The van der Waals surface area contributed by atoms with Crippen LogP contribution < -0.4 is 5.32 Å². The van der Waals surface area contributed by atoms with E-state index in [9.17, 15) is 9.18 Å². The van der Waals surface area contributed by atoms with Gasteiger partial charge in [0.1, 0.15) is 5.82 Å². The molecule has 20 heavy (non-hydrogen) atoms. The van der Waals surface area contributed by atoms with E-state index in [0.29, 0.717) is 13.1 Å². The average molecular weight is 273 g/mol. The van der Waals surface area contributed by atoms with Gasteiger partial charge < -0.3 is 9.88 Å². The van der Waals surface area contributed by atoms with Crippen LogP contribution in [0.4, 0.5) is 4.39 Å².